The van der Waals surface area contributed by atoms with Crippen LogP contribution in [0.25, 0.3) is 0 Å². The number of primary amides is 1. The van der Waals surface area contributed by atoms with Crippen LogP contribution in [-0.2, 0) is 28.6 Å². The lowest BCUT2D eigenvalue weighted by molar-refractivity contribution is -0.176. The van der Waals surface area contributed by atoms with Crippen molar-refractivity contribution in [3.8, 4) is 11.5 Å². The third-order valence-electron chi connectivity index (χ3n) is 15.5. The highest BCUT2D eigenvalue weighted by atomic mass is 16.5. The van der Waals surface area contributed by atoms with E-state index in [0.717, 1.165) is 70.6 Å². The Morgan fingerprint density at radius 2 is 1.68 bits per heavy atom. The molecule has 0 saturated heterocycles. The molecule has 1 aromatic carbocycles. The SMILES string of the molecule is CCCCCCC(C)(O)C1CCC2C3CC(OC(=O)CCC(=O)NCCOCCOCC(=O)Nc4ccc(OC)c(C(N)=O)c4O)C4CC(O)CCC45CC35CCC21C. The number of carbonyl (C=O) groups excluding carboxylic acids is 4. The molecule has 10 unspecified atom stereocenters. The van der Waals surface area contributed by atoms with E-state index in [0.29, 0.717) is 18.3 Å². The summed E-state index contributed by atoms with van der Waals surface area (Å²) in [6.45, 7) is 7.10. The number of benzene rings is 1. The van der Waals surface area contributed by atoms with Crippen molar-refractivity contribution in [3.05, 3.63) is 17.7 Å². The average molecular weight is 828 g/mol. The minimum atomic E-state index is -0.907. The van der Waals surface area contributed by atoms with Crippen molar-refractivity contribution in [2.24, 2.45) is 45.7 Å². The van der Waals surface area contributed by atoms with E-state index >= 15 is 0 Å². The van der Waals surface area contributed by atoms with E-state index in [1.54, 1.807) is 0 Å². The Hall–Kier alpha value is -3.46. The number of carbonyl (C=O) groups is 4. The number of hydrogen-bond donors (Lipinski definition) is 6. The number of esters is 1. The summed E-state index contributed by atoms with van der Waals surface area (Å²) in [7, 11) is 1.32. The number of aliphatic hydroxyl groups excluding tert-OH is 1. The van der Waals surface area contributed by atoms with Crippen LogP contribution in [0.2, 0.25) is 0 Å². The lowest BCUT2D eigenvalue weighted by Crippen LogP contribution is -2.55. The van der Waals surface area contributed by atoms with E-state index in [1.807, 2.05) is 0 Å². The number of amides is 3. The lowest BCUT2D eigenvalue weighted by Gasteiger charge is -2.58. The van der Waals surface area contributed by atoms with Crippen molar-refractivity contribution in [1.29, 1.82) is 0 Å². The number of aromatic hydroxyl groups is 1. The smallest absolute Gasteiger partial charge is 0.306 e. The highest BCUT2D eigenvalue weighted by molar-refractivity contribution is 6.02. The molecule has 3 amide bonds. The van der Waals surface area contributed by atoms with Gasteiger partial charge in [-0.1, -0.05) is 39.5 Å². The van der Waals surface area contributed by atoms with E-state index in [-0.39, 0.29) is 115 Å². The minimum Gasteiger partial charge on any atom is -0.505 e. The van der Waals surface area contributed by atoms with Crippen LogP contribution < -0.4 is 21.1 Å². The molecule has 5 aliphatic carbocycles. The molecule has 0 aliphatic heterocycles. The molecule has 14 heteroatoms. The van der Waals surface area contributed by atoms with Crippen molar-refractivity contribution in [2.75, 3.05) is 45.4 Å². The summed E-state index contributed by atoms with van der Waals surface area (Å²) in [6.07, 6.45) is 13.6. The van der Waals surface area contributed by atoms with Crippen LogP contribution >= 0.6 is 0 Å². The molecule has 2 spiro atoms. The molecule has 1 aromatic rings. The molecule has 0 radical (unpaired) electrons. The molecule has 10 atom stereocenters. The maximum atomic E-state index is 13.4. The molecular weight excluding hydrogens is 759 g/mol. The number of phenols is 1. The summed E-state index contributed by atoms with van der Waals surface area (Å²) in [5.41, 5.74) is 4.78. The molecule has 5 aliphatic rings. The topological polar surface area (TPSA) is 216 Å². The van der Waals surface area contributed by atoms with E-state index < -0.39 is 23.2 Å². The van der Waals surface area contributed by atoms with Crippen molar-refractivity contribution in [3.63, 3.8) is 0 Å². The Labute approximate surface area is 349 Å². The molecule has 330 valence electrons. The van der Waals surface area contributed by atoms with Crippen LogP contribution in [0.1, 0.15) is 134 Å². The summed E-state index contributed by atoms with van der Waals surface area (Å²) in [4.78, 5) is 50.0. The average Bonchev–Trinajstić information content (AvgIpc) is 3.71. The van der Waals surface area contributed by atoms with Crippen LogP contribution in [0, 0.1) is 39.9 Å². The molecule has 7 N–H and O–H groups in total. The number of unbranched alkanes of at least 4 members (excludes halogenated alkanes) is 3. The van der Waals surface area contributed by atoms with Crippen LogP contribution in [-0.4, -0.2) is 96.9 Å². The Kier molecular flexibility index (Phi) is 14.3. The third kappa shape index (κ3) is 9.26. The number of nitrogens with one attached hydrogen (secondary N) is 2. The quantitative estimate of drug-likeness (QED) is 0.0525. The molecule has 59 heavy (non-hydrogen) atoms. The first-order valence-corrected chi connectivity index (χ1v) is 22.1. The zero-order valence-corrected chi connectivity index (χ0v) is 35.7. The first kappa shape index (κ1) is 45.1. The van der Waals surface area contributed by atoms with Gasteiger partial charge in [0.25, 0.3) is 5.91 Å². The second-order valence-corrected chi connectivity index (χ2v) is 18.8. The summed E-state index contributed by atoms with van der Waals surface area (Å²) in [6, 6.07) is 2.78. The number of fused-ring (bicyclic) bond motifs is 2. The summed E-state index contributed by atoms with van der Waals surface area (Å²) in [5, 5.41) is 38.3. The predicted octanol–water partition coefficient (Wildman–Crippen LogP) is 5.38. The van der Waals surface area contributed by atoms with E-state index in [1.165, 1.54) is 32.1 Å². The summed E-state index contributed by atoms with van der Waals surface area (Å²) >= 11 is 0. The van der Waals surface area contributed by atoms with Gasteiger partial charge >= 0.3 is 5.97 Å². The van der Waals surface area contributed by atoms with E-state index in [2.05, 4.69) is 31.4 Å². The maximum Gasteiger partial charge on any atom is 0.306 e. The molecule has 5 saturated carbocycles. The van der Waals surface area contributed by atoms with Gasteiger partial charge in [-0.15, -0.1) is 0 Å². The van der Waals surface area contributed by atoms with Crippen LogP contribution in [0.5, 0.6) is 11.5 Å². The predicted molar refractivity (Wildman–Crippen MR) is 219 cm³/mol. The van der Waals surface area contributed by atoms with Gasteiger partial charge in [-0.05, 0) is 117 Å². The molecule has 14 nitrogen and oxygen atoms in total. The van der Waals surface area contributed by atoms with Crippen molar-refractivity contribution in [1.82, 2.24) is 5.32 Å². The first-order valence-electron chi connectivity index (χ1n) is 22.1. The van der Waals surface area contributed by atoms with Crippen LogP contribution in [0.3, 0.4) is 0 Å². The standard InChI is InChI=1S/C45H69N3O11/c1-5-6-7-8-16-43(3,55)35-12-9-29-30-25-34(31-24-28(49)15-17-44(31)27-45(30,44)19-18-42(29,35)2)59-38(52)14-13-36(50)47-20-21-57-22-23-58-26-37(51)48-32-10-11-33(56-4)39(40(32)53)41(46)54/h10-11,28-31,34-35,49,53,55H,5-9,12-27H2,1-4H3,(H2,46,54)(H,47,50)(H,48,51). The fraction of sp³-hybridized carbons (Fsp3) is 0.778. The monoisotopic (exact) mass is 827 g/mol. The Balaban J connectivity index is 0.919. The molecule has 0 heterocycles. The largest absolute Gasteiger partial charge is 0.505 e. The third-order valence-corrected chi connectivity index (χ3v) is 15.5. The van der Waals surface area contributed by atoms with Gasteiger partial charge in [0.05, 0.1) is 50.7 Å². The van der Waals surface area contributed by atoms with Crippen LogP contribution in [0.4, 0.5) is 5.69 Å². The first-order chi connectivity index (χ1) is 28.1. The summed E-state index contributed by atoms with van der Waals surface area (Å²) in [5.74, 6) is -1.24. The van der Waals surface area contributed by atoms with Crippen molar-refractivity contribution < 1.29 is 53.4 Å². The maximum absolute atomic E-state index is 13.4. The normalized spacial score (nSPS) is 32.6. The highest BCUT2D eigenvalue weighted by Gasteiger charge is 2.80. The lowest BCUT2D eigenvalue weighted by atomic mass is 9.48. The number of nitrogens with two attached hydrogens (primary N) is 1. The van der Waals surface area contributed by atoms with Gasteiger partial charge in [0.2, 0.25) is 11.8 Å². The van der Waals surface area contributed by atoms with Gasteiger partial charge in [-0.3, -0.25) is 19.2 Å². The van der Waals surface area contributed by atoms with E-state index in [4.69, 9.17) is 24.7 Å². The molecule has 0 aromatic heterocycles. The number of rotatable bonds is 21. The van der Waals surface area contributed by atoms with Gasteiger partial charge < -0.3 is 50.6 Å². The van der Waals surface area contributed by atoms with Gasteiger partial charge in [-0.2, -0.15) is 0 Å². The molecule has 5 fully saturated rings. The van der Waals surface area contributed by atoms with Crippen molar-refractivity contribution >= 4 is 29.4 Å². The minimum absolute atomic E-state index is 0.00399. The number of methoxy groups -OCH3 is 1. The molecular formula is C45H69N3O11. The number of hydrogen-bond acceptors (Lipinski definition) is 11. The summed E-state index contributed by atoms with van der Waals surface area (Å²) < 4.78 is 22.2. The molecule has 6 rings (SSSR count). The zero-order valence-electron chi connectivity index (χ0n) is 35.7. The molecule has 0 bridgehead atoms. The van der Waals surface area contributed by atoms with Crippen LogP contribution in [0.15, 0.2) is 12.1 Å². The number of anilines is 1. The second kappa shape index (κ2) is 18.7. The fourth-order valence-electron chi connectivity index (χ4n) is 12.8. The fourth-order valence-corrected chi connectivity index (χ4v) is 12.8. The van der Waals surface area contributed by atoms with Gasteiger partial charge in [0.15, 0.2) is 5.75 Å². The van der Waals surface area contributed by atoms with Gasteiger partial charge in [0, 0.05) is 18.9 Å². The highest BCUT2D eigenvalue weighted by Crippen LogP contribution is 2.85. The zero-order chi connectivity index (χ0) is 42.6. The number of ether oxygens (including phenoxy) is 4. The van der Waals surface area contributed by atoms with Crippen molar-refractivity contribution in [2.45, 2.75) is 141 Å². The van der Waals surface area contributed by atoms with E-state index in [9.17, 15) is 34.5 Å². The van der Waals surface area contributed by atoms with Gasteiger partial charge in [0.1, 0.15) is 24.0 Å². The Morgan fingerprint density at radius 1 is 0.915 bits per heavy atom. The Morgan fingerprint density at radius 3 is 2.42 bits per heavy atom. The number of aliphatic hydroxyl groups is 2. The second-order valence-electron chi connectivity index (χ2n) is 18.8. The van der Waals surface area contributed by atoms with Gasteiger partial charge in [-0.25, -0.2) is 0 Å². The Bertz CT molecular complexity index is 1690.